The number of rotatable bonds is 12. The molecule has 0 aromatic carbocycles. The number of carbonyl (C=O) groups excluding carboxylic acids is 6. The molecule has 1 aliphatic carbocycles. The van der Waals surface area contributed by atoms with Gasteiger partial charge in [0.2, 0.25) is 29.5 Å². The molecule has 13 heteroatoms. The Morgan fingerprint density at radius 3 is 2.27 bits per heavy atom. The lowest BCUT2D eigenvalue weighted by molar-refractivity contribution is -0.152. The summed E-state index contributed by atoms with van der Waals surface area (Å²) in [6.07, 6.45) is 9.57. The fourth-order valence-corrected chi connectivity index (χ4v) is 6.33. The lowest BCUT2D eigenvalue weighted by Crippen LogP contribution is -2.65. The van der Waals surface area contributed by atoms with Crippen molar-refractivity contribution in [3.63, 3.8) is 0 Å². The third-order valence-corrected chi connectivity index (χ3v) is 8.32. The normalized spacial score (nSPS) is 24.7. The Labute approximate surface area is 235 Å². The summed E-state index contributed by atoms with van der Waals surface area (Å²) >= 11 is 0. The summed E-state index contributed by atoms with van der Waals surface area (Å²) < 4.78 is 0. The van der Waals surface area contributed by atoms with Crippen LogP contribution in [0.15, 0.2) is 0 Å². The van der Waals surface area contributed by atoms with Crippen molar-refractivity contribution < 1.29 is 28.8 Å². The van der Waals surface area contributed by atoms with Crippen LogP contribution in [0.3, 0.4) is 0 Å². The summed E-state index contributed by atoms with van der Waals surface area (Å²) in [5.74, 6) is -1.84. The van der Waals surface area contributed by atoms with E-state index >= 15 is 0 Å². The fourth-order valence-electron chi connectivity index (χ4n) is 6.33. The molecule has 2 heterocycles. The number of nitrogens with one attached hydrogen (secondary N) is 4. The van der Waals surface area contributed by atoms with Gasteiger partial charge >= 0.3 is 6.03 Å². The quantitative estimate of drug-likeness (QED) is 0.179. The Kier molecular flexibility index (Phi) is 11.6. The largest absolute Gasteiger partial charge is 0.368 e. The third-order valence-electron chi connectivity index (χ3n) is 8.32. The molecule has 0 aromatic rings. The zero-order valence-electron chi connectivity index (χ0n) is 23.4. The summed E-state index contributed by atoms with van der Waals surface area (Å²) in [6, 6.07) is -4.08. The molecule has 8 N–H and O–H groups in total. The Balaban J connectivity index is 1.64. The van der Waals surface area contributed by atoms with E-state index in [1.807, 2.05) is 0 Å². The van der Waals surface area contributed by atoms with Crippen LogP contribution >= 0.6 is 0 Å². The molecule has 2 aliphatic heterocycles. The number of nitrogens with zero attached hydrogens (tertiary/aromatic N) is 1. The molecule has 0 aromatic heterocycles. The van der Waals surface area contributed by atoms with Gasteiger partial charge in [-0.3, -0.25) is 24.0 Å². The number of hydrogen-bond donors (Lipinski definition) is 6. The second-order valence-electron chi connectivity index (χ2n) is 11.4. The maximum absolute atomic E-state index is 13.6. The second kappa shape index (κ2) is 14.8. The maximum Gasteiger partial charge on any atom is 0.312 e. The van der Waals surface area contributed by atoms with Crippen molar-refractivity contribution in [2.75, 3.05) is 6.54 Å². The molecule has 7 amide bonds. The topological polar surface area (TPSA) is 206 Å². The van der Waals surface area contributed by atoms with Crippen molar-refractivity contribution in [3.05, 3.63) is 0 Å². The summed E-state index contributed by atoms with van der Waals surface area (Å²) in [5.41, 5.74) is 10.5. The molecule has 3 rings (SSSR count). The molecule has 0 spiro atoms. The van der Waals surface area contributed by atoms with Crippen molar-refractivity contribution >= 4 is 35.6 Å². The van der Waals surface area contributed by atoms with Crippen molar-refractivity contribution in [1.29, 1.82) is 0 Å². The lowest BCUT2D eigenvalue weighted by atomic mass is 9.84. The van der Waals surface area contributed by atoms with Crippen molar-refractivity contribution in [2.45, 2.75) is 121 Å². The minimum atomic E-state index is -0.962. The first kappa shape index (κ1) is 31.2. The van der Waals surface area contributed by atoms with Crippen LogP contribution in [0.4, 0.5) is 4.79 Å². The van der Waals surface area contributed by atoms with Crippen molar-refractivity contribution in [3.8, 4) is 0 Å². The van der Waals surface area contributed by atoms with Crippen LogP contribution in [0, 0.1) is 5.92 Å². The molecule has 3 fully saturated rings. The van der Waals surface area contributed by atoms with E-state index in [2.05, 4.69) is 21.3 Å². The van der Waals surface area contributed by atoms with Gasteiger partial charge in [-0.15, -0.1) is 0 Å². The predicted octanol–water partition coefficient (Wildman–Crippen LogP) is -0.0916. The molecule has 0 radical (unpaired) electrons. The minimum Gasteiger partial charge on any atom is -0.368 e. The molecule has 0 bridgehead atoms. The Bertz CT molecular complexity index is 954. The van der Waals surface area contributed by atoms with Gasteiger partial charge in [0.1, 0.15) is 24.2 Å². The molecular formula is C27H45N7O6. The number of urea groups is 1. The van der Waals surface area contributed by atoms with E-state index in [1.165, 1.54) is 13.3 Å². The Hall–Kier alpha value is -3.38. The summed E-state index contributed by atoms with van der Waals surface area (Å²) in [7, 11) is 0. The Morgan fingerprint density at radius 2 is 1.62 bits per heavy atom. The van der Waals surface area contributed by atoms with Crippen molar-refractivity contribution in [2.24, 2.45) is 17.4 Å². The fraction of sp³-hybridized carbons (Fsp3) is 0.778. The number of amides is 7. The zero-order valence-corrected chi connectivity index (χ0v) is 23.4. The molecule has 1 saturated carbocycles. The highest BCUT2D eigenvalue weighted by Crippen LogP contribution is 2.32. The smallest absolute Gasteiger partial charge is 0.312 e. The van der Waals surface area contributed by atoms with Gasteiger partial charge in [-0.1, -0.05) is 32.1 Å². The molecule has 13 nitrogen and oxygen atoms in total. The zero-order chi connectivity index (χ0) is 29.2. The van der Waals surface area contributed by atoms with Crippen molar-refractivity contribution in [1.82, 2.24) is 26.2 Å². The first-order valence-corrected chi connectivity index (χ1v) is 14.6. The molecule has 0 unspecified atom stereocenters. The van der Waals surface area contributed by atoms with E-state index in [9.17, 15) is 28.8 Å². The van der Waals surface area contributed by atoms with E-state index < -0.39 is 42.0 Å². The van der Waals surface area contributed by atoms with E-state index in [-0.39, 0.29) is 36.7 Å². The van der Waals surface area contributed by atoms with E-state index in [0.717, 1.165) is 38.5 Å². The van der Waals surface area contributed by atoms with Gasteiger partial charge in [0, 0.05) is 19.5 Å². The molecule has 5 atom stereocenters. The van der Waals surface area contributed by atoms with Crippen LogP contribution in [0.1, 0.15) is 90.4 Å². The lowest BCUT2D eigenvalue weighted by Gasteiger charge is -2.46. The predicted molar refractivity (Wildman–Crippen MR) is 146 cm³/mol. The van der Waals surface area contributed by atoms with Crippen LogP contribution in [0.5, 0.6) is 0 Å². The average molecular weight is 564 g/mol. The molecule has 224 valence electrons. The van der Waals surface area contributed by atoms with Gasteiger partial charge in [-0.2, -0.15) is 0 Å². The summed E-state index contributed by atoms with van der Waals surface area (Å²) in [4.78, 5) is 76.5. The highest BCUT2D eigenvalue weighted by atomic mass is 16.2. The molecular weight excluding hydrogens is 518 g/mol. The third kappa shape index (κ3) is 8.82. The van der Waals surface area contributed by atoms with E-state index in [0.29, 0.717) is 38.0 Å². The number of fused-ring (bicyclic) bond motifs is 1. The van der Waals surface area contributed by atoms with Crippen LogP contribution in [0.25, 0.3) is 0 Å². The minimum absolute atomic E-state index is 0.134. The maximum atomic E-state index is 13.6. The SMILES string of the molecule is CC(=O)N[C@H](CC1CCCCC1)C(=O)N[C@H]1CC[C@H]2CCC[C@@H](C(=O)N[C@H](CCCNC(N)=O)C(N)=O)N2C1=O. The first-order chi connectivity index (χ1) is 19.1. The first-order valence-electron chi connectivity index (χ1n) is 14.6. The van der Waals surface area contributed by atoms with Crippen LogP contribution in [-0.2, 0) is 24.0 Å². The van der Waals surface area contributed by atoms with E-state index in [1.54, 1.807) is 4.90 Å². The highest BCUT2D eigenvalue weighted by molar-refractivity contribution is 5.96. The Morgan fingerprint density at radius 1 is 0.900 bits per heavy atom. The number of hydrogen-bond acceptors (Lipinski definition) is 6. The summed E-state index contributed by atoms with van der Waals surface area (Å²) in [5, 5.41) is 10.7. The monoisotopic (exact) mass is 563 g/mol. The van der Waals surface area contributed by atoms with Crippen LogP contribution in [0.2, 0.25) is 0 Å². The number of carbonyl (C=O) groups is 6. The second-order valence-corrected chi connectivity index (χ2v) is 11.4. The van der Waals surface area contributed by atoms with Crippen LogP contribution in [-0.4, -0.2) is 77.2 Å². The number of piperidine rings is 2. The molecule has 2 saturated heterocycles. The number of primary amides is 2. The van der Waals surface area contributed by atoms with Crippen LogP contribution < -0.4 is 32.7 Å². The van der Waals surface area contributed by atoms with Gasteiger partial charge in [0.25, 0.3) is 0 Å². The van der Waals surface area contributed by atoms with E-state index in [4.69, 9.17) is 11.5 Å². The molecule has 3 aliphatic rings. The van der Waals surface area contributed by atoms with Gasteiger partial charge in [0.05, 0.1) is 0 Å². The van der Waals surface area contributed by atoms with Gasteiger partial charge in [-0.05, 0) is 57.3 Å². The molecule has 40 heavy (non-hydrogen) atoms. The standard InChI is InChI=1S/C27H45N7O6/c1-16(35)31-21(15-17-7-3-2-4-8-17)24(37)33-20-13-12-18-9-5-11-22(34(18)26(20)39)25(38)32-19(23(28)36)10-6-14-30-27(29)40/h17-22H,2-15H2,1H3,(H2,28,36)(H,31,35)(H,32,38)(H,33,37)(H3,29,30,40)/t18-,19-,20+,21-,22+/m1/s1. The highest BCUT2D eigenvalue weighted by Gasteiger charge is 2.45. The number of nitrogens with two attached hydrogens (primary N) is 2. The average Bonchev–Trinajstić information content (AvgIpc) is 2.91. The van der Waals surface area contributed by atoms with Gasteiger partial charge in [0.15, 0.2) is 0 Å². The van der Waals surface area contributed by atoms with Gasteiger partial charge < -0.3 is 37.6 Å². The summed E-state index contributed by atoms with van der Waals surface area (Å²) in [6.45, 7) is 1.61. The van der Waals surface area contributed by atoms with Gasteiger partial charge in [-0.25, -0.2) is 4.79 Å².